The summed E-state index contributed by atoms with van der Waals surface area (Å²) in [7, 11) is 0. The third kappa shape index (κ3) is 3.51. The molecule has 0 aliphatic heterocycles. The molecule has 0 aliphatic carbocycles. The Labute approximate surface area is 95.4 Å². The number of hydrogen-bond donors (Lipinski definition) is 3. The number of oxime groups is 1. The van der Waals surface area contributed by atoms with Crippen molar-refractivity contribution >= 4 is 5.84 Å². The molecule has 0 saturated carbocycles. The molecule has 0 amide bonds. The molecule has 0 aliphatic rings. The van der Waals surface area contributed by atoms with Crippen molar-refractivity contribution in [1.29, 1.82) is 0 Å². The van der Waals surface area contributed by atoms with Crippen molar-refractivity contribution in [3.63, 3.8) is 0 Å². The van der Waals surface area contributed by atoms with E-state index in [1.807, 2.05) is 12.1 Å². The zero-order valence-electron chi connectivity index (χ0n) is 9.86. The fraction of sp³-hybridized carbons (Fsp3) is 0.455. The fourth-order valence-corrected chi connectivity index (χ4v) is 1.22. The number of nitrogens with one attached hydrogen (secondary N) is 1. The number of nitrogens with zero attached hydrogens (tertiary/aromatic N) is 2. The molecule has 0 saturated heterocycles. The van der Waals surface area contributed by atoms with Crippen LogP contribution in [-0.4, -0.2) is 21.6 Å². The maximum absolute atomic E-state index is 8.64. The highest BCUT2D eigenvalue weighted by Crippen LogP contribution is 2.07. The van der Waals surface area contributed by atoms with E-state index in [-0.39, 0.29) is 11.4 Å². The van der Waals surface area contributed by atoms with E-state index >= 15 is 0 Å². The van der Waals surface area contributed by atoms with Crippen LogP contribution in [0.25, 0.3) is 0 Å². The van der Waals surface area contributed by atoms with Gasteiger partial charge in [0.15, 0.2) is 5.84 Å². The van der Waals surface area contributed by atoms with Gasteiger partial charge in [-0.15, -0.1) is 0 Å². The lowest BCUT2D eigenvalue weighted by Gasteiger charge is -2.21. The number of nitrogens with two attached hydrogens (primary N) is 1. The summed E-state index contributed by atoms with van der Waals surface area (Å²) in [5, 5.41) is 14.9. The summed E-state index contributed by atoms with van der Waals surface area (Å²) < 4.78 is 0. The lowest BCUT2D eigenvalue weighted by atomic mass is 10.1. The van der Waals surface area contributed by atoms with Crippen LogP contribution in [0.1, 0.15) is 32.0 Å². The first kappa shape index (κ1) is 12.4. The highest BCUT2D eigenvalue weighted by atomic mass is 16.4. The molecule has 0 fully saturated rings. The van der Waals surface area contributed by atoms with E-state index in [0.717, 1.165) is 5.56 Å². The molecule has 88 valence electrons. The third-order valence-corrected chi connectivity index (χ3v) is 2.05. The van der Waals surface area contributed by atoms with E-state index in [9.17, 15) is 0 Å². The Bertz CT molecular complexity index is 382. The Hall–Kier alpha value is -1.62. The number of amidine groups is 1. The van der Waals surface area contributed by atoms with Crippen LogP contribution >= 0.6 is 0 Å². The molecule has 0 aromatic carbocycles. The lowest BCUT2D eigenvalue weighted by molar-refractivity contribution is 0.318. The highest BCUT2D eigenvalue weighted by molar-refractivity contribution is 5.96. The summed E-state index contributed by atoms with van der Waals surface area (Å²) in [5.74, 6) is 0.0336. The minimum atomic E-state index is 0.0121. The van der Waals surface area contributed by atoms with Gasteiger partial charge in [0, 0.05) is 18.3 Å². The Morgan fingerprint density at radius 1 is 1.56 bits per heavy atom. The largest absolute Gasteiger partial charge is 0.409 e. The molecule has 5 heteroatoms. The van der Waals surface area contributed by atoms with E-state index in [1.54, 1.807) is 6.20 Å². The predicted octanol–water partition coefficient (Wildman–Crippen LogP) is 1.06. The summed E-state index contributed by atoms with van der Waals surface area (Å²) in [6.45, 7) is 6.86. The average molecular weight is 222 g/mol. The molecular formula is C11H18N4O. The predicted molar refractivity (Wildman–Crippen MR) is 63.3 cm³/mol. The first-order chi connectivity index (χ1) is 7.44. The summed E-state index contributed by atoms with van der Waals surface area (Å²) in [4.78, 5) is 4.09. The molecule has 0 atom stereocenters. The molecule has 0 spiro atoms. The van der Waals surface area contributed by atoms with Gasteiger partial charge in [0.1, 0.15) is 5.69 Å². The van der Waals surface area contributed by atoms with E-state index in [1.165, 1.54) is 0 Å². The van der Waals surface area contributed by atoms with Crippen LogP contribution in [0.5, 0.6) is 0 Å². The summed E-state index contributed by atoms with van der Waals surface area (Å²) in [5.41, 5.74) is 6.98. The number of hydrogen-bond acceptors (Lipinski definition) is 4. The monoisotopic (exact) mass is 222 g/mol. The minimum Gasteiger partial charge on any atom is -0.409 e. The van der Waals surface area contributed by atoms with Gasteiger partial charge in [-0.25, -0.2) is 0 Å². The molecule has 0 bridgehead atoms. The van der Waals surface area contributed by atoms with Gasteiger partial charge in [0.05, 0.1) is 0 Å². The average Bonchev–Trinajstić information content (AvgIpc) is 2.25. The van der Waals surface area contributed by atoms with E-state index < -0.39 is 0 Å². The Balaban J connectivity index is 2.88. The summed E-state index contributed by atoms with van der Waals surface area (Å²) in [6, 6.07) is 3.73. The van der Waals surface area contributed by atoms with Crippen LogP contribution in [0.2, 0.25) is 0 Å². The lowest BCUT2D eigenvalue weighted by Crippen LogP contribution is -2.35. The summed E-state index contributed by atoms with van der Waals surface area (Å²) >= 11 is 0. The van der Waals surface area contributed by atoms with E-state index in [0.29, 0.717) is 12.2 Å². The second-order valence-corrected chi connectivity index (χ2v) is 4.60. The van der Waals surface area contributed by atoms with Crippen LogP contribution in [0.15, 0.2) is 23.5 Å². The first-order valence-electron chi connectivity index (χ1n) is 5.11. The molecule has 1 heterocycles. The van der Waals surface area contributed by atoms with E-state index in [4.69, 9.17) is 10.9 Å². The molecule has 1 aromatic rings. The molecule has 0 radical (unpaired) electrons. The Morgan fingerprint density at radius 3 is 2.81 bits per heavy atom. The molecule has 16 heavy (non-hydrogen) atoms. The number of rotatable bonds is 3. The SMILES string of the molecule is CC(C)(C)NCc1cccnc1C(N)=NO. The van der Waals surface area contributed by atoms with Crippen molar-refractivity contribution in [3.05, 3.63) is 29.6 Å². The molecule has 1 aromatic heterocycles. The molecule has 4 N–H and O–H groups in total. The van der Waals surface area contributed by atoms with Gasteiger partial charge in [-0.05, 0) is 32.4 Å². The number of pyridine rings is 1. The normalized spacial score (nSPS) is 12.8. The van der Waals surface area contributed by atoms with E-state index in [2.05, 4.69) is 36.2 Å². The second-order valence-electron chi connectivity index (χ2n) is 4.60. The molecule has 0 unspecified atom stereocenters. The van der Waals surface area contributed by atoms with Gasteiger partial charge >= 0.3 is 0 Å². The van der Waals surface area contributed by atoms with Gasteiger partial charge < -0.3 is 16.3 Å². The van der Waals surface area contributed by atoms with Crippen molar-refractivity contribution in [2.24, 2.45) is 10.9 Å². The van der Waals surface area contributed by atoms with Gasteiger partial charge in [-0.1, -0.05) is 11.2 Å². The standard InChI is InChI=1S/C11H18N4O/c1-11(2,3)14-7-8-5-4-6-13-9(8)10(12)15-16/h4-6,14,16H,7H2,1-3H3,(H2,12,15). The van der Waals surface area contributed by atoms with Crippen molar-refractivity contribution in [3.8, 4) is 0 Å². The van der Waals surface area contributed by atoms with Gasteiger partial charge in [-0.2, -0.15) is 0 Å². The van der Waals surface area contributed by atoms with Crippen LogP contribution < -0.4 is 11.1 Å². The van der Waals surface area contributed by atoms with Crippen molar-refractivity contribution in [1.82, 2.24) is 10.3 Å². The Morgan fingerprint density at radius 2 is 2.25 bits per heavy atom. The quantitative estimate of drug-likeness (QED) is 0.309. The zero-order valence-corrected chi connectivity index (χ0v) is 9.86. The molecule has 1 rings (SSSR count). The van der Waals surface area contributed by atoms with Crippen molar-refractivity contribution in [2.45, 2.75) is 32.9 Å². The van der Waals surface area contributed by atoms with Crippen LogP contribution in [0.3, 0.4) is 0 Å². The second kappa shape index (κ2) is 4.94. The smallest absolute Gasteiger partial charge is 0.189 e. The topological polar surface area (TPSA) is 83.5 Å². The number of aromatic nitrogens is 1. The van der Waals surface area contributed by atoms with Crippen molar-refractivity contribution < 1.29 is 5.21 Å². The zero-order chi connectivity index (χ0) is 12.2. The maximum Gasteiger partial charge on any atom is 0.189 e. The molecule has 5 nitrogen and oxygen atoms in total. The van der Waals surface area contributed by atoms with Crippen LogP contribution in [0, 0.1) is 0 Å². The third-order valence-electron chi connectivity index (χ3n) is 2.05. The van der Waals surface area contributed by atoms with Gasteiger partial charge in [0.25, 0.3) is 0 Å². The molecular weight excluding hydrogens is 204 g/mol. The fourth-order valence-electron chi connectivity index (χ4n) is 1.22. The minimum absolute atomic E-state index is 0.0121. The maximum atomic E-state index is 8.64. The Kier molecular flexibility index (Phi) is 3.84. The van der Waals surface area contributed by atoms with Crippen LogP contribution in [-0.2, 0) is 6.54 Å². The van der Waals surface area contributed by atoms with Crippen LogP contribution in [0.4, 0.5) is 0 Å². The van der Waals surface area contributed by atoms with Crippen molar-refractivity contribution in [2.75, 3.05) is 0 Å². The highest BCUT2D eigenvalue weighted by Gasteiger charge is 2.12. The van der Waals surface area contributed by atoms with Gasteiger partial charge in [0.2, 0.25) is 0 Å². The summed E-state index contributed by atoms with van der Waals surface area (Å²) in [6.07, 6.45) is 1.62. The van der Waals surface area contributed by atoms with Gasteiger partial charge in [-0.3, -0.25) is 4.98 Å². The first-order valence-corrected chi connectivity index (χ1v) is 5.11.